The number of halogens is 4. The van der Waals surface area contributed by atoms with Gasteiger partial charge >= 0.3 is 0 Å². The molecule has 0 unspecified atom stereocenters. The van der Waals surface area contributed by atoms with Crippen LogP contribution in [0.25, 0.3) is 0 Å². The Kier molecular flexibility index (Phi) is 14.8. The summed E-state index contributed by atoms with van der Waals surface area (Å²) in [5.41, 5.74) is 2.20. The Labute approximate surface area is 193 Å². The van der Waals surface area contributed by atoms with E-state index in [1.807, 2.05) is 30.3 Å². The number of hydrogen-bond acceptors (Lipinski definition) is 4. The van der Waals surface area contributed by atoms with Gasteiger partial charge in [-0.25, -0.2) is 0 Å². The lowest BCUT2D eigenvalue weighted by Crippen LogP contribution is -2.21. The molecule has 0 aliphatic heterocycles. The molecule has 0 aliphatic carbocycles. The summed E-state index contributed by atoms with van der Waals surface area (Å²) in [6.45, 7) is 6.39. The van der Waals surface area contributed by atoms with E-state index in [0.717, 1.165) is 59.0 Å². The van der Waals surface area contributed by atoms with E-state index in [2.05, 4.69) is 39.6 Å². The van der Waals surface area contributed by atoms with Crippen molar-refractivity contribution in [1.82, 2.24) is 10.6 Å². The molecule has 2 rings (SSSR count). The van der Waals surface area contributed by atoms with Crippen LogP contribution >= 0.6 is 52.3 Å². The molecule has 0 saturated heterocycles. The van der Waals surface area contributed by atoms with Gasteiger partial charge in [-0.3, -0.25) is 0 Å². The predicted molar refractivity (Wildman–Crippen MR) is 126 cm³/mol. The smallest absolute Gasteiger partial charge is 0.175 e. The van der Waals surface area contributed by atoms with Crippen LogP contribution in [0.1, 0.15) is 24.5 Å². The maximum absolute atomic E-state index is 5.97. The van der Waals surface area contributed by atoms with Crippen molar-refractivity contribution in [3.63, 3.8) is 0 Å². The Morgan fingerprint density at radius 1 is 1.00 bits per heavy atom. The fourth-order valence-corrected chi connectivity index (χ4v) is 3.23. The van der Waals surface area contributed by atoms with Gasteiger partial charge in [-0.15, -0.1) is 24.8 Å². The lowest BCUT2D eigenvalue weighted by Gasteiger charge is -2.15. The predicted octanol–water partition coefficient (Wildman–Crippen LogP) is 5.62. The molecule has 0 spiro atoms. The van der Waals surface area contributed by atoms with Crippen LogP contribution in [-0.4, -0.2) is 26.7 Å². The molecule has 28 heavy (non-hydrogen) atoms. The van der Waals surface area contributed by atoms with Crippen LogP contribution in [0.4, 0.5) is 0 Å². The molecule has 2 aromatic carbocycles. The van der Waals surface area contributed by atoms with Crippen molar-refractivity contribution in [2.45, 2.75) is 26.5 Å². The van der Waals surface area contributed by atoms with E-state index in [1.54, 1.807) is 7.11 Å². The van der Waals surface area contributed by atoms with Gasteiger partial charge in [-0.05, 0) is 77.4 Å². The summed E-state index contributed by atoms with van der Waals surface area (Å²) >= 11 is 9.52. The highest BCUT2D eigenvalue weighted by molar-refractivity contribution is 9.10. The Morgan fingerprint density at radius 2 is 1.68 bits per heavy atom. The van der Waals surface area contributed by atoms with E-state index >= 15 is 0 Å². The van der Waals surface area contributed by atoms with Gasteiger partial charge in [-0.1, -0.05) is 30.7 Å². The van der Waals surface area contributed by atoms with Gasteiger partial charge in [0.1, 0.15) is 6.61 Å². The van der Waals surface area contributed by atoms with Crippen molar-refractivity contribution in [1.29, 1.82) is 0 Å². The third kappa shape index (κ3) is 9.21. The molecular formula is C20H28BrCl3N2O2. The van der Waals surface area contributed by atoms with Crippen molar-refractivity contribution in [3.8, 4) is 11.5 Å². The maximum Gasteiger partial charge on any atom is 0.175 e. The first-order valence-electron chi connectivity index (χ1n) is 8.79. The highest BCUT2D eigenvalue weighted by atomic mass is 79.9. The third-order valence-electron chi connectivity index (χ3n) is 3.87. The molecule has 0 fully saturated rings. The Balaban J connectivity index is 0.00000364. The largest absolute Gasteiger partial charge is 0.493 e. The van der Waals surface area contributed by atoms with Gasteiger partial charge in [-0.2, -0.15) is 0 Å². The van der Waals surface area contributed by atoms with E-state index in [0.29, 0.717) is 12.4 Å². The summed E-state index contributed by atoms with van der Waals surface area (Å²) in [6.07, 6.45) is 1.11. The van der Waals surface area contributed by atoms with Crippen molar-refractivity contribution in [3.05, 3.63) is 57.0 Å². The average Bonchev–Trinajstić information content (AvgIpc) is 2.64. The van der Waals surface area contributed by atoms with Crippen LogP contribution in [0.15, 0.2) is 40.9 Å². The van der Waals surface area contributed by atoms with Crippen molar-refractivity contribution in [2.24, 2.45) is 0 Å². The zero-order valence-electron chi connectivity index (χ0n) is 16.1. The van der Waals surface area contributed by atoms with Crippen LogP contribution in [-0.2, 0) is 13.2 Å². The molecular weight excluding hydrogens is 486 g/mol. The summed E-state index contributed by atoms with van der Waals surface area (Å²) in [7, 11) is 1.66. The summed E-state index contributed by atoms with van der Waals surface area (Å²) < 4.78 is 12.4. The van der Waals surface area contributed by atoms with E-state index in [1.165, 1.54) is 0 Å². The fraction of sp³-hybridized carbons (Fsp3) is 0.400. The molecule has 158 valence electrons. The minimum Gasteiger partial charge on any atom is -0.493 e. The molecule has 8 heteroatoms. The molecule has 0 heterocycles. The van der Waals surface area contributed by atoms with Crippen LogP contribution in [0.2, 0.25) is 5.02 Å². The second-order valence-corrected chi connectivity index (χ2v) is 7.20. The minimum absolute atomic E-state index is 0. The second-order valence-electron chi connectivity index (χ2n) is 5.91. The number of methoxy groups -OCH3 is 1. The van der Waals surface area contributed by atoms with Crippen LogP contribution < -0.4 is 20.1 Å². The third-order valence-corrected chi connectivity index (χ3v) is 4.71. The molecule has 4 nitrogen and oxygen atoms in total. The molecule has 0 aliphatic rings. The van der Waals surface area contributed by atoms with Crippen LogP contribution in [0.3, 0.4) is 0 Å². The quantitative estimate of drug-likeness (QED) is 0.382. The molecule has 0 radical (unpaired) electrons. The zero-order valence-corrected chi connectivity index (χ0v) is 20.1. The lowest BCUT2D eigenvalue weighted by molar-refractivity contribution is 0.282. The SMILES string of the molecule is CCNCCCNCc1cc(Br)c(OCc2ccc(Cl)cc2)c(OC)c1.Cl.Cl. The van der Waals surface area contributed by atoms with Gasteiger partial charge in [0.2, 0.25) is 0 Å². The molecule has 2 N–H and O–H groups in total. The summed E-state index contributed by atoms with van der Waals surface area (Å²) in [5, 5.41) is 7.49. The molecule has 0 aromatic heterocycles. The molecule has 0 saturated carbocycles. The summed E-state index contributed by atoms with van der Waals surface area (Å²) in [5.74, 6) is 1.43. The van der Waals surface area contributed by atoms with Crippen molar-refractivity contribution < 1.29 is 9.47 Å². The molecule has 0 atom stereocenters. The topological polar surface area (TPSA) is 42.5 Å². The second kappa shape index (κ2) is 15.2. The van der Waals surface area contributed by atoms with Crippen LogP contribution in [0.5, 0.6) is 11.5 Å². The van der Waals surface area contributed by atoms with Crippen molar-refractivity contribution in [2.75, 3.05) is 26.7 Å². The van der Waals surface area contributed by atoms with Crippen molar-refractivity contribution >= 4 is 52.3 Å². The minimum atomic E-state index is 0. The standard InChI is InChI=1S/C20H26BrClN2O2.2ClH/c1-3-23-9-4-10-24-13-16-11-18(21)20(19(12-16)25-2)26-14-15-5-7-17(22)8-6-15;;/h5-8,11-12,23-24H,3-4,9-10,13-14H2,1-2H3;2*1H. The van der Waals surface area contributed by atoms with Gasteiger partial charge < -0.3 is 20.1 Å². The molecule has 2 aromatic rings. The lowest BCUT2D eigenvalue weighted by atomic mass is 10.2. The van der Waals surface area contributed by atoms with Gasteiger partial charge in [0, 0.05) is 11.6 Å². The monoisotopic (exact) mass is 512 g/mol. The van der Waals surface area contributed by atoms with E-state index in [4.69, 9.17) is 21.1 Å². The van der Waals surface area contributed by atoms with Gasteiger partial charge in [0.25, 0.3) is 0 Å². The van der Waals surface area contributed by atoms with Crippen LogP contribution in [0, 0.1) is 0 Å². The van der Waals surface area contributed by atoms with Gasteiger partial charge in [0.05, 0.1) is 11.6 Å². The van der Waals surface area contributed by atoms with Gasteiger partial charge in [0.15, 0.2) is 11.5 Å². The number of ether oxygens (including phenoxy) is 2. The maximum atomic E-state index is 5.97. The summed E-state index contributed by atoms with van der Waals surface area (Å²) in [4.78, 5) is 0. The first kappa shape index (κ1) is 27.3. The zero-order chi connectivity index (χ0) is 18.8. The number of nitrogens with one attached hydrogen (secondary N) is 2. The molecule has 0 bridgehead atoms. The molecule has 0 amide bonds. The Bertz CT molecular complexity index is 688. The Morgan fingerprint density at radius 3 is 2.32 bits per heavy atom. The highest BCUT2D eigenvalue weighted by Crippen LogP contribution is 2.37. The average molecular weight is 515 g/mol. The first-order chi connectivity index (χ1) is 12.6. The summed E-state index contributed by atoms with van der Waals surface area (Å²) in [6, 6.07) is 11.7. The number of hydrogen-bond donors (Lipinski definition) is 2. The first-order valence-corrected chi connectivity index (χ1v) is 9.96. The van der Waals surface area contributed by atoms with E-state index < -0.39 is 0 Å². The normalized spacial score (nSPS) is 10.0. The van der Waals surface area contributed by atoms with E-state index in [9.17, 15) is 0 Å². The number of rotatable bonds is 11. The van der Waals surface area contributed by atoms with E-state index in [-0.39, 0.29) is 24.8 Å². The number of benzene rings is 2. The Hall–Kier alpha value is -0.690. The fourth-order valence-electron chi connectivity index (χ4n) is 2.50. The highest BCUT2D eigenvalue weighted by Gasteiger charge is 2.12.